The fraction of sp³-hybridized carbons (Fsp3) is 0. The molecular formula is C18H11F2N. The number of rotatable bonds is 1. The van der Waals surface area contributed by atoms with Gasteiger partial charge in [0.2, 0.25) is 0 Å². The number of aromatic nitrogens is 1. The number of benzene rings is 3. The molecule has 0 unspecified atom stereocenters. The van der Waals surface area contributed by atoms with Crippen molar-refractivity contribution in [2.75, 3.05) is 0 Å². The van der Waals surface area contributed by atoms with Gasteiger partial charge in [-0.05, 0) is 41.1 Å². The highest BCUT2D eigenvalue weighted by molar-refractivity contribution is 5.98. The summed E-state index contributed by atoms with van der Waals surface area (Å²) in [5, 5.41) is 3.29. The van der Waals surface area contributed by atoms with Gasteiger partial charge in [0.15, 0.2) is 0 Å². The van der Waals surface area contributed by atoms with Crippen molar-refractivity contribution in [2.24, 2.45) is 0 Å². The van der Waals surface area contributed by atoms with Crippen LogP contribution in [0.2, 0.25) is 0 Å². The Balaban J connectivity index is 1.95. The molecule has 4 aromatic rings. The number of hydrogen-bond donors (Lipinski definition) is 1. The van der Waals surface area contributed by atoms with Crippen LogP contribution in [0.1, 0.15) is 0 Å². The number of aromatic amines is 1. The Morgan fingerprint density at radius 2 is 1.33 bits per heavy atom. The Morgan fingerprint density at radius 1 is 0.667 bits per heavy atom. The molecule has 1 nitrogen and oxygen atoms in total. The van der Waals surface area contributed by atoms with E-state index in [9.17, 15) is 8.78 Å². The third-order valence-electron chi connectivity index (χ3n) is 3.66. The molecular weight excluding hydrogens is 268 g/mol. The van der Waals surface area contributed by atoms with E-state index in [0.717, 1.165) is 27.7 Å². The summed E-state index contributed by atoms with van der Waals surface area (Å²) in [6.07, 6.45) is 0. The van der Waals surface area contributed by atoms with Gasteiger partial charge in [-0.15, -0.1) is 0 Å². The van der Waals surface area contributed by atoms with Crippen LogP contribution < -0.4 is 0 Å². The van der Waals surface area contributed by atoms with Gasteiger partial charge in [-0.1, -0.05) is 24.3 Å². The van der Waals surface area contributed by atoms with Crippen LogP contribution in [0.3, 0.4) is 0 Å². The summed E-state index contributed by atoms with van der Waals surface area (Å²) in [7, 11) is 0. The monoisotopic (exact) mass is 279 g/mol. The van der Waals surface area contributed by atoms with Crippen molar-refractivity contribution < 1.29 is 8.78 Å². The van der Waals surface area contributed by atoms with Gasteiger partial charge >= 0.3 is 0 Å². The van der Waals surface area contributed by atoms with Crippen LogP contribution >= 0.6 is 0 Å². The lowest BCUT2D eigenvalue weighted by atomic mass is 10.1. The lowest BCUT2D eigenvalue weighted by Gasteiger charge is -1.98. The van der Waals surface area contributed by atoms with Gasteiger partial charge in [-0.3, -0.25) is 0 Å². The average molecular weight is 279 g/mol. The van der Waals surface area contributed by atoms with E-state index in [1.807, 2.05) is 36.4 Å². The van der Waals surface area contributed by atoms with Crippen molar-refractivity contribution in [3.05, 3.63) is 72.3 Å². The maximum Gasteiger partial charge on any atom is 0.126 e. The van der Waals surface area contributed by atoms with Gasteiger partial charge in [0.1, 0.15) is 11.6 Å². The van der Waals surface area contributed by atoms with Crippen molar-refractivity contribution >= 4 is 21.7 Å². The predicted molar refractivity (Wildman–Crippen MR) is 81.2 cm³/mol. The SMILES string of the molecule is Fc1cc(F)cc(-c2cc3cc4ccccc4cc3[nH]2)c1. The van der Waals surface area contributed by atoms with E-state index in [1.54, 1.807) is 0 Å². The summed E-state index contributed by atoms with van der Waals surface area (Å²) in [6.45, 7) is 0. The van der Waals surface area contributed by atoms with Crippen LogP contribution in [0.15, 0.2) is 60.7 Å². The molecule has 0 radical (unpaired) electrons. The minimum atomic E-state index is -0.575. The standard InChI is InChI=1S/C18H11F2N/c19-15-6-14(7-16(20)10-15)18-9-13-5-11-3-1-2-4-12(11)8-17(13)21-18/h1-10,21H. The van der Waals surface area contributed by atoms with E-state index in [4.69, 9.17) is 0 Å². The van der Waals surface area contributed by atoms with Crippen molar-refractivity contribution in [1.29, 1.82) is 0 Å². The molecule has 0 aliphatic heterocycles. The Labute approximate surface area is 119 Å². The second kappa shape index (κ2) is 4.42. The van der Waals surface area contributed by atoms with E-state index in [2.05, 4.69) is 11.1 Å². The molecule has 0 fully saturated rings. The first-order valence-corrected chi connectivity index (χ1v) is 6.67. The Bertz CT molecular complexity index is 897. The topological polar surface area (TPSA) is 15.8 Å². The molecule has 4 rings (SSSR count). The molecule has 0 aliphatic rings. The minimum absolute atomic E-state index is 0.507. The lowest BCUT2D eigenvalue weighted by molar-refractivity contribution is 0.584. The summed E-state index contributed by atoms with van der Waals surface area (Å²) in [6, 6.07) is 17.6. The molecule has 1 aromatic heterocycles. The Hall–Kier alpha value is -2.68. The number of fused-ring (bicyclic) bond motifs is 2. The molecule has 21 heavy (non-hydrogen) atoms. The number of H-pyrrole nitrogens is 1. The van der Waals surface area contributed by atoms with E-state index in [1.165, 1.54) is 12.1 Å². The molecule has 0 aliphatic carbocycles. The summed E-state index contributed by atoms with van der Waals surface area (Å²) in [5.41, 5.74) is 2.17. The molecule has 1 N–H and O–H groups in total. The van der Waals surface area contributed by atoms with Crippen LogP contribution in [0.5, 0.6) is 0 Å². The van der Waals surface area contributed by atoms with E-state index >= 15 is 0 Å². The molecule has 0 spiro atoms. The van der Waals surface area contributed by atoms with Crippen LogP contribution in [0, 0.1) is 11.6 Å². The van der Waals surface area contributed by atoms with Crippen molar-refractivity contribution in [3.63, 3.8) is 0 Å². The summed E-state index contributed by atoms with van der Waals surface area (Å²) in [4.78, 5) is 3.23. The van der Waals surface area contributed by atoms with E-state index in [-0.39, 0.29) is 0 Å². The van der Waals surface area contributed by atoms with E-state index in [0.29, 0.717) is 11.3 Å². The summed E-state index contributed by atoms with van der Waals surface area (Å²) >= 11 is 0. The first-order chi connectivity index (χ1) is 10.2. The van der Waals surface area contributed by atoms with Crippen LogP contribution in [0.25, 0.3) is 32.9 Å². The van der Waals surface area contributed by atoms with Crippen LogP contribution in [-0.4, -0.2) is 4.98 Å². The van der Waals surface area contributed by atoms with Crippen molar-refractivity contribution in [2.45, 2.75) is 0 Å². The quantitative estimate of drug-likeness (QED) is 0.489. The molecule has 3 heteroatoms. The van der Waals surface area contributed by atoms with Crippen LogP contribution in [-0.2, 0) is 0 Å². The fourth-order valence-corrected chi connectivity index (χ4v) is 2.69. The zero-order chi connectivity index (χ0) is 14.4. The van der Waals surface area contributed by atoms with Crippen molar-refractivity contribution in [3.8, 4) is 11.3 Å². The lowest BCUT2D eigenvalue weighted by Crippen LogP contribution is -1.83. The maximum atomic E-state index is 13.3. The van der Waals surface area contributed by atoms with Gasteiger partial charge in [0, 0.05) is 28.2 Å². The zero-order valence-electron chi connectivity index (χ0n) is 11.0. The van der Waals surface area contributed by atoms with Gasteiger partial charge in [0.25, 0.3) is 0 Å². The van der Waals surface area contributed by atoms with Gasteiger partial charge in [-0.2, -0.15) is 0 Å². The average Bonchev–Trinajstić information content (AvgIpc) is 2.86. The normalized spacial score (nSPS) is 11.3. The zero-order valence-corrected chi connectivity index (χ0v) is 11.0. The minimum Gasteiger partial charge on any atom is -0.355 e. The third kappa shape index (κ3) is 2.07. The smallest absolute Gasteiger partial charge is 0.126 e. The van der Waals surface area contributed by atoms with Gasteiger partial charge in [0.05, 0.1) is 0 Å². The molecule has 0 amide bonds. The van der Waals surface area contributed by atoms with Crippen molar-refractivity contribution in [1.82, 2.24) is 4.98 Å². The van der Waals surface area contributed by atoms with Gasteiger partial charge < -0.3 is 4.98 Å². The third-order valence-corrected chi connectivity index (χ3v) is 3.66. The molecule has 102 valence electrons. The highest BCUT2D eigenvalue weighted by Gasteiger charge is 2.07. The first kappa shape index (κ1) is 12.1. The molecule has 0 saturated carbocycles. The number of halogens is 2. The molecule has 0 saturated heterocycles. The summed E-state index contributed by atoms with van der Waals surface area (Å²) in [5.74, 6) is -1.15. The number of nitrogens with one attached hydrogen (secondary N) is 1. The molecule has 3 aromatic carbocycles. The Morgan fingerprint density at radius 3 is 2.05 bits per heavy atom. The highest BCUT2D eigenvalue weighted by Crippen LogP contribution is 2.28. The van der Waals surface area contributed by atoms with E-state index < -0.39 is 11.6 Å². The number of hydrogen-bond acceptors (Lipinski definition) is 0. The molecule has 0 atom stereocenters. The Kier molecular flexibility index (Phi) is 2.54. The fourth-order valence-electron chi connectivity index (χ4n) is 2.69. The largest absolute Gasteiger partial charge is 0.355 e. The maximum absolute atomic E-state index is 13.3. The second-order valence-corrected chi connectivity index (χ2v) is 5.13. The first-order valence-electron chi connectivity index (χ1n) is 6.67. The van der Waals surface area contributed by atoms with Crippen LogP contribution in [0.4, 0.5) is 8.78 Å². The summed E-state index contributed by atoms with van der Waals surface area (Å²) < 4.78 is 26.7. The highest BCUT2D eigenvalue weighted by atomic mass is 19.1. The second-order valence-electron chi connectivity index (χ2n) is 5.13. The van der Waals surface area contributed by atoms with Gasteiger partial charge in [-0.25, -0.2) is 8.78 Å². The molecule has 0 bridgehead atoms. The molecule has 1 heterocycles. The predicted octanol–water partition coefficient (Wildman–Crippen LogP) is 5.27.